The molecular weight excluding hydrogens is 454 g/mol. The van der Waals surface area contributed by atoms with Gasteiger partial charge in [-0.2, -0.15) is 0 Å². The van der Waals surface area contributed by atoms with Crippen molar-refractivity contribution in [1.29, 1.82) is 0 Å². The van der Waals surface area contributed by atoms with Gasteiger partial charge in [0.25, 0.3) is 0 Å². The van der Waals surface area contributed by atoms with Crippen LogP contribution in [0.15, 0.2) is 35.5 Å². The van der Waals surface area contributed by atoms with Crippen LogP contribution in [0.3, 0.4) is 0 Å². The molecule has 1 unspecified atom stereocenters. The molecule has 1 aromatic carbocycles. The number of rotatable bonds is 7. The smallest absolute Gasteiger partial charge is 0.191 e. The highest BCUT2D eigenvalue weighted by atomic mass is 127. The first-order chi connectivity index (χ1) is 11.6. The molecule has 0 saturated carbocycles. The molecule has 1 aromatic heterocycles. The van der Waals surface area contributed by atoms with Gasteiger partial charge in [0.1, 0.15) is 17.7 Å². The van der Waals surface area contributed by atoms with E-state index in [-0.39, 0.29) is 35.9 Å². The monoisotopic (exact) mass is 478 g/mol. The second-order valence-corrected chi connectivity index (χ2v) is 6.70. The van der Waals surface area contributed by atoms with E-state index in [0.717, 1.165) is 23.9 Å². The van der Waals surface area contributed by atoms with E-state index in [2.05, 4.69) is 27.5 Å². The Kier molecular flexibility index (Phi) is 9.73. The quantitative estimate of drug-likeness (QED) is 0.364. The van der Waals surface area contributed by atoms with Crippen LogP contribution in [0.2, 0.25) is 0 Å². The van der Waals surface area contributed by atoms with Crippen LogP contribution in [-0.2, 0) is 6.42 Å². The standard InChI is InChI=1S/C17H23FN4OS.HI/c1-12(23-15-6-4-14(18)5-7-15)10-22-17(19-3)20-9-8-16-21-11-13(2)24-16;/h4-7,11-12H,8-10H2,1-3H3,(H2,19,20,22);1H. The molecule has 1 heterocycles. The summed E-state index contributed by atoms with van der Waals surface area (Å²) < 4.78 is 18.6. The number of ether oxygens (including phenoxy) is 1. The summed E-state index contributed by atoms with van der Waals surface area (Å²) in [5, 5.41) is 7.58. The maximum Gasteiger partial charge on any atom is 0.191 e. The van der Waals surface area contributed by atoms with Crippen LogP contribution in [0, 0.1) is 12.7 Å². The molecule has 0 fully saturated rings. The molecule has 0 aliphatic heterocycles. The van der Waals surface area contributed by atoms with Crippen molar-refractivity contribution in [2.75, 3.05) is 20.1 Å². The van der Waals surface area contributed by atoms with Crippen LogP contribution in [-0.4, -0.2) is 37.2 Å². The minimum absolute atomic E-state index is 0. The number of aliphatic imine (C=N–C) groups is 1. The number of halogens is 2. The number of aryl methyl sites for hydroxylation is 1. The van der Waals surface area contributed by atoms with E-state index >= 15 is 0 Å². The zero-order chi connectivity index (χ0) is 17.4. The van der Waals surface area contributed by atoms with Crippen molar-refractivity contribution in [3.05, 3.63) is 46.2 Å². The lowest BCUT2D eigenvalue weighted by atomic mass is 10.3. The first-order valence-corrected chi connectivity index (χ1v) is 8.66. The number of hydrogen-bond donors (Lipinski definition) is 2. The molecule has 138 valence electrons. The minimum atomic E-state index is -0.270. The third-order valence-corrected chi connectivity index (χ3v) is 4.20. The molecule has 0 bridgehead atoms. The lowest BCUT2D eigenvalue weighted by molar-refractivity contribution is 0.223. The molecule has 2 aromatic rings. The van der Waals surface area contributed by atoms with E-state index in [1.807, 2.05) is 13.1 Å². The zero-order valence-electron chi connectivity index (χ0n) is 14.6. The predicted octanol–water partition coefficient (Wildman–Crippen LogP) is 3.38. The highest BCUT2D eigenvalue weighted by Gasteiger charge is 2.06. The van der Waals surface area contributed by atoms with Crippen molar-refractivity contribution in [1.82, 2.24) is 15.6 Å². The van der Waals surface area contributed by atoms with E-state index in [1.54, 1.807) is 30.5 Å². The van der Waals surface area contributed by atoms with Gasteiger partial charge in [0.05, 0.1) is 11.6 Å². The van der Waals surface area contributed by atoms with Crippen LogP contribution in [0.25, 0.3) is 0 Å². The first kappa shape index (κ1) is 21.6. The van der Waals surface area contributed by atoms with Crippen molar-refractivity contribution in [2.24, 2.45) is 4.99 Å². The van der Waals surface area contributed by atoms with Crippen LogP contribution in [0.1, 0.15) is 16.8 Å². The number of aromatic nitrogens is 1. The second-order valence-electron chi connectivity index (χ2n) is 5.38. The lowest BCUT2D eigenvalue weighted by Crippen LogP contribution is -2.42. The molecule has 1 atom stereocenters. The summed E-state index contributed by atoms with van der Waals surface area (Å²) in [5.41, 5.74) is 0. The third-order valence-electron chi connectivity index (χ3n) is 3.23. The summed E-state index contributed by atoms with van der Waals surface area (Å²) in [7, 11) is 1.73. The SMILES string of the molecule is CN=C(NCCc1ncc(C)s1)NCC(C)Oc1ccc(F)cc1.I. The minimum Gasteiger partial charge on any atom is -0.489 e. The molecular formula is C17H24FIN4OS. The molecule has 5 nitrogen and oxygen atoms in total. The number of guanidine groups is 1. The molecule has 0 amide bonds. The van der Waals surface area contributed by atoms with Gasteiger partial charge in [-0.15, -0.1) is 35.3 Å². The fourth-order valence-corrected chi connectivity index (χ4v) is 2.84. The van der Waals surface area contributed by atoms with Gasteiger partial charge < -0.3 is 15.4 Å². The average molecular weight is 478 g/mol. The molecule has 2 N–H and O–H groups in total. The van der Waals surface area contributed by atoms with Crippen molar-refractivity contribution in [3.8, 4) is 5.75 Å². The summed E-state index contributed by atoms with van der Waals surface area (Å²) in [6, 6.07) is 6.01. The van der Waals surface area contributed by atoms with E-state index in [1.165, 1.54) is 17.0 Å². The summed E-state index contributed by atoms with van der Waals surface area (Å²) in [4.78, 5) is 9.75. The number of hydrogen-bond acceptors (Lipinski definition) is 4. The predicted molar refractivity (Wildman–Crippen MR) is 112 cm³/mol. The Morgan fingerprint density at radius 1 is 1.32 bits per heavy atom. The fraction of sp³-hybridized carbons (Fsp3) is 0.412. The van der Waals surface area contributed by atoms with Crippen molar-refractivity contribution < 1.29 is 9.13 Å². The van der Waals surface area contributed by atoms with E-state index in [9.17, 15) is 4.39 Å². The van der Waals surface area contributed by atoms with Gasteiger partial charge in [-0.05, 0) is 38.1 Å². The Hall–Kier alpha value is -1.42. The molecule has 8 heteroatoms. The molecule has 0 aliphatic carbocycles. The van der Waals surface area contributed by atoms with Gasteiger partial charge in [-0.3, -0.25) is 4.99 Å². The van der Waals surface area contributed by atoms with Crippen molar-refractivity contribution >= 4 is 41.3 Å². The normalized spacial score (nSPS) is 12.2. The highest BCUT2D eigenvalue weighted by molar-refractivity contribution is 14.0. The lowest BCUT2D eigenvalue weighted by Gasteiger charge is -2.17. The Morgan fingerprint density at radius 3 is 2.64 bits per heavy atom. The van der Waals surface area contributed by atoms with Gasteiger partial charge in [0.15, 0.2) is 5.96 Å². The van der Waals surface area contributed by atoms with E-state index in [0.29, 0.717) is 12.3 Å². The number of nitrogens with zero attached hydrogens (tertiary/aromatic N) is 2. The number of benzene rings is 1. The molecule has 0 spiro atoms. The number of nitrogens with one attached hydrogen (secondary N) is 2. The van der Waals surface area contributed by atoms with Gasteiger partial charge in [-0.1, -0.05) is 0 Å². The molecule has 0 radical (unpaired) electrons. The maximum absolute atomic E-state index is 12.9. The molecule has 25 heavy (non-hydrogen) atoms. The Bertz CT molecular complexity index is 663. The largest absolute Gasteiger partial charge is 0.489 e. The topological polar surface area (TPSA) is 58.5 Å². The Morgan fingerprint density at radius 2 is 2.04 bits per heavy atom. The fourth-order valence-electron chi connectivity index (χ4n) is 2.05. The van der Waals surface area contributed by atoms with Crippen LogP contribution in [0.4, 0.5) is 4.39 Å². The maximum atomic E-state index is 12.9. The highest BCUT2D eigenvalue weighted by Crippen LogP contribution is 2.13. The summed E-state index contributed by atoms with van der Waals surface area (Å²) in [5.74, 6) is 1.10. The molecule has 0 saturated heterocycles. The van der Waals surface area contributed by atoms with Gasteiger partial charge >= 0.3 is 0 Å². The molecule has 2 rings (SSSR count). The van der Waals surface area contributed by atoms with Gasteiger partial charge in [0.2, 0.25) is 0 Å². The molecule has 0 aliphatic rings. The van der Waals surface area contributed by atoms with Crippen LogP contribution >= 0.6 is 35.3 Å². The zero-order valence-corrected chi connectivity index (χ0v) is 17.7. The van der Waals surface area contributed by atoms with Crippen molar-refractivity contribution in [3.63, 3.8) is 0 Å². The summed E-state index contributed by atoms with van der Waals surface area (Å²) >= 11 is 1.71. The van der Waals surface area contributed by atoms with Gasteiger partial charge in [-0.25, -0.2) is 9.37 Å². The number of thiazole rings is 1. The third kappa shape index (κ3) is 8.00. The van der Waals surface area contributed by atoms with E-state index < -0.39 is 0 Å². The van der Waals surface area contributed by atoms with Crippen molar-refractivity contribution in [2.45, 2.75) is 26.4 Å². The Balaban J connectivity index is 0.00000312. The summed E-state index contributed by atoms with van der Waals surface area (Å²) in [6.07, 6.45) is 2.68. The summed E-state index contributed by atoms with van der Waals surface area (Å²) in [6.45, 7) is 5.35. The van der Waals surface area contributed by atoms with Crippen LogP contribution in [0.5, 0.6) is 5.75 Å². The van der Waals surface area contributed by atoms with E-state index in [4.69, 9.17) is 4.74 Å². The van der Waals surface area contributed by atoms with Gasteiger partial charge in [0, 0.05) is 31.1 Å². The average Bonchev–Trinajstić information content (AvgIpc) is 2.98. The Labute approximate surface area is 169 Å². The first-order valence-electron chi connectivity index (χ1n) is 7.85. The van der Waals surface area contributed by atoms with Crippen LogP contribution < -0.4 is 15.4 Å². The second kappa shape index (κ2) is 11.2.